The highest BCUT2D eigenvalue weighted by atomic mass is 16.5. The van der Waals surface area contributed by atoms with Gasteiger partial charge in [0.2, 0.25) is 0 Å². The summed E-state index contributed by atoms with van der Waals surface area (Å²) in [6, 6.07) is 0. The molecule has 18 heavy (non-hydrogen) atoms. The molecule has 0 aromatic rings. The molecule has 0 saturated heterocycles. The Morgan fingerprint density at radius 1 is 1.17 bits per heavy atom. The van der Waals surface area contributed by atoms with Gasteiger partial charge in [0.15, 0.2) is 5.90 Å². The zero-order chi connectivity index (χ0) is 13.6. The van der Waals surface area contributed by atoms with Crippen LogP contribution in [-0.2, 0) is 14.2 Å². The van der Waals surface area contributed by atoms with Gasteiger partial charge < -0.3 is 14.2 Å². The van der Waals surface area contributed by atoms with Gasteiger partial charge in [-0.1, -0.05) is 0 Å². The van der Waals surface area contributed by atoms with Gasteiger partial charge in [-0.05, 0) is 40.5 Å². The molecule has 0 N–H and O–H groups in total. The lowest BCUT2D eigenvalue weighted by molar-refractivity contribution is -0.0606. The standard InChI is InChI=1S/C14H27NO3/c1-13(2,16-5)8-10-18-14(3,4)7-6-12-15-9-11-17-12/h6-11H2,1-5H3. The molecule has 0 spiro atoms. The number of rotatable bonds is 8. The van der Waals surface area contributed by atoms with Gasteiger partial charge >= 0.3 is 0 Å². The van der Waals surface area contributed by atoms with E-state index in [1.165, 1.54) is 0 Å². The van der Waals surface area contributed by atoms with Gasteiger partial charge in [-0.2, -0.15) is 0 Å². The van der Waals surface area contributed by atoms with Crippen molar-refractivity contribution in [2.75, 3.05) is 26.9 Å². The Morgan fingerprint density at radius 3 is 2.44 bits per heavy atom. The van der Waals surface area contributed by atoms with Crippen molar-refractivity contribution < 1.29 is 14.2 Å². The maximum absolute atomic E-state index is 5.94. The molecular formula is C14H27NO3. The monoisotopic (exact) mass is 257 g/mol. The molecule has 0 aromatic heterocycles. The van der Waals surface area contributed by atoms with Crippen molar-refractivity contribution in [3.8, 4) is 0 Å². The normalized spacial score (nSPS) is 16.6. The van der Waals surface area contributed by atoms with Gasteiger partial charge in [0.05, 0.1) is 24.4 Å². The SMILES string of the molecule is COC(C)(C)CCOC(C)(C)CCC1=NCCO1. The summed E-state index contributed by atoms with van der Waals surface area (Å²) in [5.41, 5.74) is -0.257. The summed E-state index contributed by atoms with van der Waals surface area (Å²) in [6.45, 7) is 10.6. The average molecular weight is 257 g/mol. The van der Waals surface area contributed by atoms with Gasteiger partial charge in [0, 0.05) is 13.5 Å². The van der Waals surface area contributed by atoms with Crippen molar-refractivity contribution in [3.63, 3.8) is 0 Å². The number of hydrogen-bond acceptors (Lipinski definition) is 4. The molecule has 0 aromatic carbocycles. The highest BCUT2D eigenvalue weighted by Gasteiger charge is 2.23. The minimum absolute atomic E-state index is 0.116. The second kappa shape index (κ2) is 6.53. The number of hydrogen-bond donors (Lipinski definition) is 0. The maximum atomic E-state index is 5.94. The molecule has 0 bridgehead atoms. The minimum atomic E-state index is -0.141. The van der Waals surface area contributed by atoms with E-state index in [0.29, 0.717) is 6.61 Å². The number of aliphatic imine (C=N–C) groups is 1. The lowest BCUT2D eigenvalue weighted by Gasteiger charge is -2.28. The van der Waals surface area contributed by atoms with Crippen LogP contribution in [0.2, 0.25) is 0 Å². The number of ether oxygens (including phenoxy) is 3. The van der Waals surface area contributed by atoms with Crippen molar-refractivity contribution in [3.05, 3.63) is 0 Å². The van der Waals surface area contributed by atoms with Gasteiger partial charge in [-0.15, -0.1) is 0 Å². The summed E-state index contributed by atoms with van der Waals surface area (Å²) < 4.78 is 16.7. The van der Waals surface area contributed by atoms with Crippen LogP contribution >= 0.6 is 0 Å². The van der Waals surface area contributed by atoms with Gasteiger partial charge in [-0.25, -0.2) is 0 Å². The molecular weight excluding hydrogens is 230 g/mol. The highest BCUT2D eigenvalue weighted by molar-refractivity contribution is 5.77. The Morgan fingerprint density at radius 2 is 1.89 bits per heavy atom. The first-order valence-corrected chi connectivity index (χ1v) is 6.70. The fourth-order valence-electron chi connectivity index (χ4n) is 1.69. The molecule has 1 aliphatic heterocycles. The van der Waals surface area contributed by atoms with E-state index >= 15 is 0 Å². The largest absolute Gasteiger partial charge is 0.479 e. The molecule has 0 aliphatic carbocycles. The Kier molecular flexibility index (Phi) is 5.60. The fourth-order valence-corrected chi connectivity index (χ4v) is 1.69. The smallest absolute Gasteiger partial charge is 0.183 e. The molecule has 1 heterocycles. The Hall–Kier alpha value is -0.610. The Labute approximate surface area is 111 Å². The first kappa shape index (κ1) is 15.4. The number of methoxy groups -OCH3 is 1. The summed E-state index contributed by atoms with van der Waals surface area (Å²) >= 11 is 0. The van der Waals surface area contributed by atoms with Crippen LogP contribution in [0.15, 0.2) is 4.99 Å². The molecule has 0 atom stereocenters. The van der Waals surface area contributed by atoms with Crippen LogP contribution < -0.4 is 0 Å². The van der Waals surface area contributed by atoms with E-state index in [2.05, 4.69) is 32.7 Å². The van der Waals surface area contributed by atoms with E-state index in [1.807, 2.05) is 0 Å². The van der Waals surface area contributed by atoms with Crippen molar-refractivity contribution in [2.45, 2.75) is 58.2 Å². The van der Waals surface area contributed by atoms with Crippen LogP contribution in [-0.4, -0.2) is 44.0 Å². The molecule has 4 heteroatoms. The van der Waals surface area contributed by atoms with E-state index in [-0.39, 0.29) is 11.2 Å². The topological polar surface area (TPSA) is 40.0 Å². The van der Waals surface area contributed by atoms with Gasteiger partial charge in [0.25, 0.3) is 0 Å². The zero-order valence-electron chi connectivity index (χ0n) is 12.4. The molecule has 0 saturated carbocycles. The summed E-state index contributed by atoms with van der Waals surface area (Å²) in [5.74, 6) is 0.879. The molecule has 1 aliphatic rings. The lowest BCUT2D eigenvalue weighted by atomic mass is 10.0. The predicted octanol–water partition coefficient (Wildman–Crippen LogP) is 2.81. The minimum Gasteiger partial charge on any atom is -0.479 e. The van der Waals surface area contributed by atoms with E-state index in [9.17, 15) is 0 Å². The molecule has 106 valence electrons. The zero-order valence-corrected chi connectivity index (χ0v) is 12.4. The van der Waals surface area contributed by atoms with Gasteiger partial charge in [-0.3, -0.25) is 4.99 Å². The Balaban J connectivity index is 2.22. The quantitative estimate of drug-likeness (QED) is 0.671. The fraction of sp³-hybridized carbons (Fsp3) is 0.929. The van der Waals surface area contributed by atoms with Crippen molar-refractivity contribution in [1.82, 2.24) is 0 Å². The van der Waals surface area contributed by atoms with Crippen LogP contribution in [0.4, 0.5) is 0 Å². The summed E-state index contributed by atoms with van der Waals surface area (Å²) in [7, 11) is 1.74. The first-order valence-electron chi connectivity index (χ1n) is 6.70. The van der Waals surface area contributed by atoms with Crippen LogP contribution in [0.1, 0.15) is 47.0 Å². The predicted molar refractivity (Wildman–Crippen MR) is 73.2 cm³/mol. The number of nitrogens with zero attached hydrogens (tertiary/aromatic N) is 1. The van der Waals surface area contributed by atoms with Crippen molar-refractivity contribution in [1.29, 1.82) is 0 Å². The van der Waals surface area contributed by atoms with E-state index in [1.54, 1.807) is 7.11 Å². The third-order valence-electron chi connectivity index (χ3n) is 3.34. The first-order chi connectivity index (χ1) is 8.35. The molecule has 0 fully saturated rings. The molecule has 1 rings (SSSR count). The summed E-state index contributed by atoms with van der Waals surface area (Å²) in [5, 5.41) is 0. The van der Waals surface area contributed by atoms with Gasteiger partial charge in [0.1, 0.15) is 6.61 Å². The van der Waals surface area contributed by atoms with E-state index in [0.717, 1.165) is 38.3 Å². The van der Waals surface area contributed by atoms with Crippen LogP contribution in [0.3, 0.4) is 0 Å². The molecule has 0 unspecified atom stereocenters. The highest BCUT2D eigenvalue weighted by Crippen LogP contribution is 2.21. The molecule has 0 amide bonds. The summed E-state index contributed by atoms with van der Waals surface area (Å²) in [6.07, 6.45) is 2.68. The Bertz CT molecular complexity index is 285. The van der Waals surface area contributed by atoms with Crippen LogP contribution in [0.25, 0.3) is 0 Å². The second-order valence-corrected chi connectivity index (χ2v) is 5.95. The second-order valence-electron chi connectivity index (χ2n) is 5.95. The molecule has 0 radical (unpaired) electrons. The van der Waals surface area contributed by atoms with Crippen LogP contribution in [0, 0.1) is 0 Å². The maximum Gasteiger partial charge on any atom is 0.183 e. The van der Waals surface area contributed by atoms with E-state index < -0.39 is 0 Å². The lowest BCUT2D eigenvalue weighted by Crippen LogP contribution is -2.30. The summed E-state index contributed by atoms with van der Waals surface area (Å²) in [4.78, 5) is 4.29. The van der Waals surface area contributed by atoms with Crippen molar-refractivity contribution >= 4 is 5.90 Å². The van der Waals surface area contributed by atoms with Crippen LogP contribution in [0.5, 0.6) is 0 Å². The molecule has 4 nitrogen and oxygen atoms in total. The third-order valence-corrected chi connectivity index (χ3v) is 3.34. The van der Waals surface area contributed by atoms with Crippen molar-refractivity contribution in [2.24, 2.45) is 4.99 Å². The average Bonchev–Trinajstić information content (AvgIpc) is 2.79. The van der Waals surface area contributed by atoms with E-state index in [4.69, 9.17) is 14.2 Å². The third kappa shape index (κ3) is 5.83.